The van der Waals surface area contributed by atoms with Gasteiger partial charge in [0, 0.05) is 23.6 Å². The fourth-order valence-electron chi connectivity index (χ4n) is 3.83. The van der Waals surface area contributed by atoms with Crippen LogP contribution in [0, 0.1) is 0 Å². The lowest BCUT2D eigenvalue weighted by Gasteiger charge is -2.07. The van der Waals surface area contributed by atoms with E-state index in [-0.39, 0.29) is 0 Å². The highest BCUT2D eigenvalue weighted by Gasteiger charge is 2.10. The van der Waals surface area contributed by atoms with Crippen molar-refractivity contribution in [1.82, 2.24) is 24.8 Å². The van der Waals surface area contributed by atoms with Crippen molar-refractivity contribution < 1.29 is 4.74 Å². The molecule has 0 N–H and O–H groups in total. The van der Waals surface area contributed by atoms with E-state index in [2.05, 4.69) is 33.4 Å². The quantitative estimate of drug-likeness (QED) is 0.351. The van der Waals surface area contributed by atoms with Gasteiger partial charge < -0.3 is 4.74 Å². The predicted octanol–water partition coefficient (Wildman–Crippen LogP) is 5.72. The molecule has 6 aromatic rings. The molecule has 3 heterocycles. The molecule has 3 aromatic heterocycles. The molecular formula is C27H19N5O. The number of aromatic nitrogens is 5. The minimum Gasteiger partial charge on any atom is -0.457 e. The van der Waals surface area contributed by atoms with E-state index in [1.807, 2.05) is 83.4 Å². The van der Waals surface area contributed by atoms with Crippen LogP contribution in [0.15, 0.2) is 103 Å². The Balaban J connectivity index is 1.28. The van der Waals surface area contributed by atoms with Gasteiger partial charge in [0.25, 0.3) is 0 Å². The van der Waals surface area contributed by atoms with Crippen LogP contribution in [0.1, 0.15) is 11.4 Å². The Kier molecular flexibility index (Phi) is 4.73. The molecule has 0 saturated carbocycles. The number of benzene rings is 3. The predicted molar refractivity (Wildman–Crippen MR) is 127 cm³/mol. The van der Waals surface area contributed by atoms with Crippen molar-refractivity contribution in [2.45, 2.75) is 6.42 Å². The van der Waals surface area contributed by atoms with E-state index in [0.717, 1.165) is 50.7 Å². The fraction of sp³-hybridized carbons (Fsp3) is 0.0370. The summed E-state index contributed by atoms with van der Waals surface area (Å²) in [6, 6.07) is 31.8. The molecule has 33 heavy (non-hydrogen) atoms. The second kappa shape index (κ2) is 8.16. The average molecular weight is 429 g/mol. The number of fused-ring (bicyclic) bond motifs is 2. The zero-order valence-corrected chi connectivity index (χ0v) is 17.7. The largest absolute Gasteiger partial charge is 0.457 e. The summed E-state index contributed by atoms with van der Waals surface area (Å²) in [4.78, 5) is 4.39. The minimum atomic E-state index is 0.631. The molecule has 0 bridgehead atoms. The molecule has 0 radical (unpaired) electrons. The van der Waals surface area contributed by atoms with Gasteiger partial charge in [0.15, 0.2) is 11.5 Å². The molecule has 6 rings (SSSR count). The van der Waals surface area contributed by atoms with Crippen molar-refractivity contribution >= 4 is 16.6 Å². The molecule has 0 unspecified atom stereocenters. The normalized spacial score (nSPS) is 11.2. The third kappa shape index (κ3) is 3.90. The van der Waals surface area contributed by atoms with Crippen molar-refractivity contribution in [2.24, 2.45) is 0 Å². The Morgan fingerprint density at radius 2 is 1.58 bits per heavy atom. The third-order valence-electron chi connectivity index (χ3n) is 5.49. The molecule has 0 amide bonds. The Morgan fingerprint density at radius 3 is 2.45 bits per heavy atom. The molecule has 6 nitrogen and oxygen atoms in total. The van der Waals surface area contributed by atoms with E-state index in [9.17, 15) is 0 Å². The van der Waals surface area contributed by atoms with Crippen LogP contribution in [0.4, 0.5) is 0 Å². The summed E-state index contributed by atoms with van der Waals surface area (Å²) in [6.07, 6.45) is 2.44. The summed E-state index contributed by atoms with van der Waals surface area (Å²) < 4.78 is 7.71. The van der Waals surface area contributed by atoms with Crippen molar-refractivity contribution in [3.05, 3.63) is 115 Å². The SMILES string of the molecule is c1ccc(Oc2ccc(-c3ccc4nnc(Cc5ccc6ncccc6c5)n4n3)cc2)cc1. The molecule has 6 heteroatoms. The monoisotopic (exact) mass is 429 g/mol. The van der Waals surface area contributed by atoms with Crippen LogP contribution in [0.25, 0.3) is 27.8 Å². The molecule has 158 valence electrons. The molecule has 0 aliphatic rings. The van der Waals surface area contributed by atoms with Gasteiger partial charge in [0.05, 0.1) is 11.2 Å². The summed E-state index contributed by atoms with van der Waals surface area (Å²) >= 11 is 0. The van der Waals surface area contributed by atoms with E-state index in [1.54, 1.807) is 6.20 Å². The van der Waals surface area contributed by atoms with Gasteiger partial charge in [-0.2, -0.15) is 9.61 Å². The van der Waals surface area contributed by atoms with Crippen LogP contribution >= 0.6 is 0 Å². The van der Waals surface area contributed by atoms with Crippen LogP contribution in [0.2, 0.25) is 0 Å². The first-order valence-electron chi connectivity index (χ1n) is 10.7. The molecule has 0 aliphatic heterocycles. The molecule has 0 aliphatic carbocycles. The van der Waals surface area contributed by atoms with Gasteiger partial charge in [-0.15, -0.1) is 10.2 Å². The standard InChI is InChI=1S/C27H19N5O/c1-2-6-22(7-3-1)33-23-11-9-20(10-12-23)25-14-15-26-29-30-27(32(26)31-25)18-19-8-13-24-21(17-19)5-4-16-28-24/h1-17H,18H2. The summed E-state index contributed by atoms with van der Waals surface area (Å²) in [6.45, 7) is 0. The zero-order chi connectivity index (χ0) is 22.0. The van der Waals surface area contributed by atoms with Crippen molar-refractivity contribution in [2.75, 3.05) is 0 Å². The number of rotatable bonds is 5. The lowest BCUT2D eigenvalue weighted by atomic mass is 10.1. The van der Waals surface area contributed by atoms with Crippen LogP contribution < -0.4 is 4.74 Å². The summed E-state index contributed by atoms with van der Waals surface area (Å²) in [7, 11) is 0. The van der Waals surface area contributed by atoms with E-state index in [1.165, 1.54) is 0 Å². The average Bonchev–Trinajstić information content (AvgIpc) is 3.27. The smallest absolute Gasteiger partial charge is 0.177 e. The number of hydrogen-bond acceptors (Lipinski definition) is 5. The van der Waals surface area contributed by atoms with E-state index in [4.69, 9.17) is 9.84 Å². The van der Waals surface area contributed by atoms with Gasteiger partial charge in [-0.1, -0.05) is 30.3 Å². The maximum atomic E-state index is 5.89. The van der Waals surface area contributed by atoms with Crippen molar-refractivity contribution in [1.29, 1.82) is 0 Å². The highest BCUT2D eigenvalue weighted by Crippen LogP contribution is 2.25. The van der Waals surface area contributed by atoms with Crippen molar-refractivity contribution in [3.63, 3.8) is 0 Å². The van der Waals surface area contributed by atoms with Gasteiger partial charge in [-0.05, 0) is 72.3 Å². The van der Waals surface area contributed by atoms with Crippen molar-refractivity contribution in [3.8, 4) is 22.8 Å². The van der Waals surface area contributed by atoms with Gasteiger partial charge in [0.2, 0.25) is 0 Å². The molecular weight excluding hydrogens is 410 g/mol. The molecule has 0 saturated heterocycles. The van der Waals surface area contributed by atoms with Gasteiger partial charge >= 0.3 is 0 Å². The molecule has 3 aromatic carbocycles. The summed E-state index contributed by atoms with van der Waals surface area (Å²) in [5, 5.41) is 14.6. The first kappa shape index (κ1) is 19.1. The van der Waals surface area contributed by atoms with Gasteiger partial charge in [-0.3, -0.25) is 4.98 Å². The van der Waals surface area contributed by atoms with Crippen LogP contribution in [0.3, 0.4) is 0 Å². The lowest BCUT2D eigenvalue weighted by Crippen LogP contribution is -2.01. The number of pyridine rings is 1. The summed E-state index contributed by atoms with van der Waals surface area (Å²) in [5.74, 6) is 2.38. The number of ether oxygens (including phenoxy) is 1. The second-order valence-electron chi connectivity index (χ2n) is 7.75. The zero-order valence-electron chi connectivity index (χ0n) is 17.7. The van der Waals surface area contributed by atoms with Crippen LogP contribution in [0.5, 0.6) is 11.5 Å². The highest BCUT2D eigenvalue weighted by molar-refractivity contribution is 5.79. The fourth-order valence-corrected chi connectivity index (χ4v) is 3.83. The lowest BCUT2D eigenvalue weighted by molar-refractivity contribution is 0.483. The van der Waals surface area contributed by atoms with Gasteiger partial charge in [0.1, 0.15) is 11.5 Å². The van der Waals surface area contributed by atoms with E-state index < -0.39 is 0 Å². The van der Waals surface area contributed by atoms with Crippen LogP contribution in [-0.2, 0) is 6.42 Å². The number of hydrogen-bond donors (Lipinski definition) is 0. The number of nitrogens with zero attached hydrogens (tertiary/aromatic N) is 5. The Labute approximate surface area is 190 Å². The maximum absolute atomic E-state index is 5.89. The highest BCUT2D eigenvalue weighted by atomic mass is 16.5. The summed E-state index contributed by atoms with van der Waals surface area (Å²) in [5.41, 5.74) is 4.68. The Morgan fingerprint density at radius 1 is 0.727 bits per heavy atom. The van der Waals surface area contributed by atoms with E-state index >= 15 is 0 Å². The molecule has 0 fully saturated rings. The number of para-hydroxylation sites is 1. The Hall–Kier alpha value is -4.58. The second-order valence-corrected chi connectivity index (χ2v) is 7.75. The van der Waals surface area contributed by atoms with Crippen LogP contribution in [-0.4, -0.2) is 24.8 Å². The first-order valence-corrected chi connectivity index (χ1v) is 10.7. The third-order valence-corrected chi connectivity index (χ3v) is 5.49. The molecule has 0 spiro atoms. The molecule has 0 atom stereocenters. The minimum absolute atomic E-state index is 0.631. The topological polar surface area (TPSA) is 65.2 Å². The van der Waals surface area contributed by atoms with E-state index in [0.29, 0.717) is 6.42 Å². The first-order chi connectivity index (χ1) is 16.3. The Bertz CT molecular complexity index is 1560. The van der Waals surface area contributed by atoms with Gasteiger partial charge in [-0.25, -0.2) is 0 Å². The maximum Gasteiger partial charge on any atom is 0.177 e.